The summed E-state index contributed by atoms with van der Waals surface area (Å²) in [5, 5.41) is 4.66. The summed E-state index contributed by atoms with van der Waals surface area (Å²) in [5.74, 6) is 0. The normalized spacial score (nSPS) is 20.7. The summed E-state index contributed by atoms with van der Waals surface area (Å²) in [4.78, 5) is 0. The van der Waals surface area contributed by atoms with Crippen LogP contribution in [0.2, 0.25) is 10.0 Å². The molecule has 0 saturated heterocycles. The summed E-state index contributed by atoms with van der Waals surface area (Å²) in [6.07, 6.45) is 2.24. The van der Waals surface area contributed by atoms with E-state index in [0.717, 1.165) is 18.5 Å². The lowest BCUT2D eigenvalue weighted by Gasteiger charge is -2.24. The highest BCUT2D eigenvalue weighted by molar-refractivity contribution is 6.42. The maximum absolute atomic E-state index is 5.92. The SMILES string of the molecule is C[C@H]1CCc2cc(Cl)c(Cl)cc2N1. The highest BCUT2D eigenvalue weighted by Gasteiger charge is 2.15. The van der Waals surface area contributed by atoms with E-state index in [9.17, 15) is 0 Å². The van der Waals surface area contributed by atoms with Crippen LogP contribution in [0, 0.1) is 0 Å². The number of rotatable bonds is 0. The lowest BCUT2D eigenvalue weighted by molar-refractivity contribution is 0.681. The van der Waals surface area contributed by atoms with Gasteiger partial charge in [-0.1, -0.05) is 23.2 Å². The van der Waals surface area contributed by atoms with Crippen LogP contribution in [0.1, 0.15) is 18.9 Å². The van der Waals surface area contributed by atoms with Gasteiger partial charge in [-0.05, 0) is 37.5 Å². The van der Waals surface area contributed by atoms with Crippen LogP contribution in [0.5, 0.6) is 0 Å². The molecular weight excluding hydrogens is 205 g/mol. The molecule has 0 aliphatic carbocycles. The third kappa shape index (κ3) is 1.77. The van der Waals surface area contributed by atoms with Crippen molar-refractivity contribution >= 4 is 28.9 Å². The Kier molecular flexibility index (Phi) is 2.39. The zero-order valence-electron chi connectivity index (χ0n) is 7.40. The third-order valence-corrected chi connectivity index (χ3v) is 3.12. The van der Waals surface area contributed by atoms with Gasteiger partial charge in [0.1, 0.15) is 0 Å². The van der Waals surface area contributed by atoms with Gasteiger partial charge in [-0.15, -0.1) is 0 Å². The molecule has 1 aromatic carbocycles. The highest BCUT2D eigenvalue weighted by Crippen LogP contribution is 2.32. The summed E-state index contributed by atoms with van der Waals surface area (Å²) >= 11 is 11.8. The molecule has 70 valence electrons. The van der Waals surface area contributed by atoms with Crippen molar-refractivity contribution in [2.45, 2.75) is 25.8 Å². The average molecular weight is 216 g/mol. The molecule has 1 aliphatic heterocycles. The van der Waals surface area contributed by atoms with Gasteiger partial charge in [0, 0.05) is 11.7 Å². The Balaban J connectivity index is 2.43. The minimum absolute atomic E-state index is 0.532. The molecule has 0 spiro atoms. The van der Waals surface area contributed by atoms with Crippen molar-refractivity contribution in [1.82, 2.24) is 0 Å². The molecular formula is C10H11Cl2N. The molecule has 0 fully saturated rings. The number of benzene rings is 1. The predicted molar refractivity (Wildman–Crippen MR) is 57.9 cm³/mol. The van der Waals surface area contributed by atoms with Crippen molar-refractivity contribution in [3.63, 3.8) is 0 Å². The van der Waals surface area contributed by atoms with Crippen LogP contribution in [0.15, 0.2) is 12.1 Å². The second kappa shape index (κ2) is 3.39. The number of fused-ring (bicyclic) bond motifs is 1. The highest BCUT2D eigenvalue weighted by atomic mass is 35.5. The number of hydrogen-bond acceptors (Lipinski definition) is 1. The first-order valence-corrected chi connectivity index (χ1v) is 5.17. The standard InChI is InChI=1S/C10H11Cl2N/c1-6-2-3-7-4-8(11)9(12)5-10(7)13-6/h4-6,13H,2-3H2,1H3/t6-/m0/s1. The molecule has 1 N–H and O–H groups in total. The maximum Gasteiger partial charge on any atom is 0.0613 e. The van der Waals surface area contributed by atoms with E-state index in [1.54, 1.807) is 0 Å². The van der Waals surface area contributed by atoms with Gasteiger partial charge in [0.05, 0.1) is 10.0 Å². The Bertz CT molecular complexity index is 336. The van der Waals surface area contributed by atoms with Crippen LogP contribution < -0.4 is 5.32 Å². The smallest absolute Gasteiger partial charge is 0.0613 e. The Morgan fingerprint density at radius 3 is 2.77 bits per heavy atom. The molecule has 3 heteroatoms. The van der Waals surface area contributed by atoms with E-state index < -0.39 is 0 Å². The summed E-state index contributed by atoms with van der Waals surface area (Å²) in [6.45, 7) is 2.17. The van der Waals surface area contributed by atoms with Crippen molar-refractivity contribution in [2.24, 2.45) is 0 Å². The van der Waals surface area contributed by atoms with Crippen molar-refractivity contribution in [1.29, 1.82) is 0 Å². The number of halogens is 2. The van der Waals surface area contributed by atoms with E-state index in [-0.39, 0.29) is 0 Å². The first kappa shape index (κ1) is 9.17. The Hall–Kier alpha value is -0.400. The van der Waals surface area contributed by atoms with Gasteiger partial charge < -0.3 is 5.32 Å². The molecule has 2 rings (SSSR count). The van der Waals surface area contributed by atoms with E-state index in [1.165, 1.54) is 5.56 Å². The third-order valence-electron chi connectivity index (χ3n) is 2.39. The summed E-state index contributed by atoms with van der Waals surface area (Å²) < 4.78 is 0. The lowest BCUT2D eigenvalue weighted by Crippen LogP contribution is -2.21. The number of nitrogens with one attached hydrogen (secondary N) is 1. The molecule has 1 aromatic rings. The fourth-order valence-electron chi connectivity index (χ4n) is 1.64. The van der Waals surface area contributed by atoms with Crippen LogP contribution in [-0.4, -0.2) is 6.04 Å². The summed E-state index contributed by atoms with van der Waals surface area (Å²) in [7, 11) is 0. The Morgan fingerprint density at radius 2 is 2.00 bits per heavy atom. The van der Waals surface area contributed by atoms with Crippen LogP contribution in [0.3, 0.4) is 0 Å². The number of anilines is 1. The van der Waals surface area contributed by atoms with Crippen molar-refractivity contribution < 1.29 is 0 Å². The molecule has 0 amide bonds. The zero-order chi connectivity index (χ0) is 9.42. The van der Waals surface area contributed by atoms with Crippen LogP contribution in [0.4, 0.5) is 5.69 Å². The van der Waals surface area contributed by atoms with Gasteiger partial charge in [-0.3, -0.25) is 0 Å². The monoisotopic (exact) mass is 215 g/mol. The van der Waals surface area contributed by atoms with Gasteiger partial charge >= 0.3 is 0 Å². The minimum Gasteiger partial charge on any atom is -0.382 e. The maximum atomic E-state index is 5.92. The van der Waals surface area contributed by atoms with Crippen LogP contribution >= 0.6 is 23.2 Å². The second-order valence-electron chi connectivity index (χ2n) is 3.51. The van der Waals surface area contributed by atoms with Gasteiger partial charge in [0.2, 0.25) is 0 Å². The molecule has 13 heavy (non-hydrogen) atoms. The fraction of sp³-hybridized carbons (Fsp3) is 0.400. The number of aryl methyl sites for hydroxylation is 1. The van der Waals surface area contributed by atoms with Gasteiger partial charge in [-0.2, -0.15) is 0 Å². The van der Waals surface area contributed by atoms with E-state index >= 15 is 0 Å². The first-order chi connectivity index (χ1) is 6.16. The first-order valence-electron chi connectivity index (χ1n) is 4.41. The van der Waals surface area contributed by atoms with Crippen molar-refractivity contribution in [2.75, 3.05) is 5.32 Å². The molecule has 0 saturated carbocycles. The topological polar surface area (TPSA) is 12.0 Å². The largest absolute Gasteiger partial charge is 0.382 e. The molecule has 0 aromatic heterocycles. The van der Waals surface area contributed by atoms with E-state index in [2.05, 4.69) is 12.2 Å². The minimum atomic E-state index is 0.532. The van der Waals surface area contributed by atoms with E-state index in [0.29, 0.717) is 16.1 Å². The van der Waals surface area contributed by atoms with Crippen molar-refractivity contribution in [3.8, 4) is 0 Å². The van der Waals surface area contributed by atoms with Gasteiger partial charge in [-0.25, -0.2) is 0 Å². The zero-order valence-corrected chi connectivity index (χ0v) is 8.91. The molecule has 1 nitrogen and oxygen atoms in total. The molecule has 1 heterocycles. The lowest BCUT2D eigenvalue weighted by atomic mass is 9.99. The predicted octanol–water partition coefficient (Wildman–Crippen LogP) is 3.74. The number of hydrogen-bond donors (Lipinski definition) is 1. The fourth-order valence-corrected chi connectivity index (χ4v) is 1.99. The van der Waals surface area contributed by atoms with E-state index in [4.69, 9.17) is 23.2 Å². The molecule has 1 atom stereocenters. The Morgan fingerprint density at radius 1 is 1.31 bits per heavy atom. The van der Waals surface area contributed by atoms with Gasteiger partial charge in [0.15, 0.2) is 0 Å². The quantitative estimate of drug-likeness (QED) is 0.696. The molecule has 0 radical (unpaired) electrons. The summed E-state index contributed by atoms with van der Waals surface area (Å²) in [5.41, 5.74) is 2.40. The van der Waals surface area contributed by atoms with Gasteiger partial charge in [0.25, 0.3) is 0 Å². The molecule has 0 bridgehead atoms. The van der Waals surface area contributed by atoms with Crippen LogP contribution in [0.25, 0.3) is 0 Å². The summed E-state index contributed by atoms with van der Waals surface area (Å²) in [6, 6.07) is 4.40. The molecule has 0 unspecified atom stereocenters. The van der Waals surface area contributed by atoms with Crippen LogP contribution in [-0.2, 0) is 6.42 Å². The van der Waals surface area contributed by atoms with E-state index in [1.807, 2.05) is 12.1 Å². The second-order valence-corrected chi connectivity index (χ2v) is 4.32. The molecule has 1 aliphatic rings. The van der Waals surface area contributed by atoms with Crippen molar-refractivity contribution in [3.05, 3.63) is 27.7 Å². The Labute approximate surface area is 88.0 Å². The average Bonchev–Trinajstić information content (AvgIpc) is 2.08.